The summed E-state index contributed by atoms with van der Waals surface area (Å²) in [5.74, 6) is 0.881. The lowest BCUT2D eigenvalue weighted by Crippen LogP contribution is -2.34. The molecule has 0 atom stereocenters. The summed E-state index contributed by atoms with van der Waals surface area (Å²) in [6.07, 6.45) is 0.933. The molecule has 0 saturated heterocycles. The van der Waals surface area contributed by atoms with Gasteiger partial charge in [-0.25, -0.2) is 0 Å². The predicted octanol–water partition coefficient (Wildman–Crippen LogP) is 1.63. The second-order valence-electron chi connectivity index (χ2n) is 3.96. The van der Waals surface area contributed by atoms with E-state index in [1.165, 1.54) is 0 Å². The Morgan fingerprint density at radius 3 is 2.80 bits per heavy atom. The van der Waals surface area contributed by atoms with Crippen LogP contribution in [0.25, 0.3) is 0 Å². The van der Waals surface area contributed by atoms with Crippen molar-refractivity contribution in [3.63, 3.8) is 0 Å². The number of hydrogen-bond donors (Lipinski definition) is 0. The molecular formula is C12H15NO2. The van der Waals surface area contributed by atoms with Crippen LogP contribution in [0.4, 0.5) is 0 Å². The van der Waals surface area contributed by atoms with E-state index in [1.54, 1.807) is 12.0 Å². The van der Waals surface area contributed by atoms with E-state index in [-0.39, 0.29) is 5.91 Å². The van der Waals surface area contributed by atoms with Crippen molar-refractivity contribution in [2.75, 3.05) is 20.7 Å². The van der Waals surface area contributed by atoms with Gasteiger partial charge in [0.15, 0.2) is 0 Å². The number of likely N-dealkylation sites (N-methyl/N-ethyl adjacent to an activating group) is 1. The summed E-state index contributed by atoms with van der Waals surface area (Å²) in [5, 5.41) is 0. The van der Waals surface area contributed by atoms with Crippen LogP contribution in [-0.2, 0) is 6.42 Å². The molecule has 0 aromatic heterocycles. The quantitative estimate of drug-likeness (QED) is 0.697. The molecule has 1 aromatic carbocycles. The Kier molecular flexibility index (Phi) is 2.39. The van der Waals surface area contributed by atoms with Crippen LogP contribution < -0.4 is 4.74 Å². The van der Waals surface area contributed by atoms with Gasteiger partial charge in [0.05, 0.1) is 7.11 Å². The van der Waals surface area contributed by atoms with Crippen LogP contribution >= 0.6 is 0 Å². The molecule has 15 heavy (non-hydrogen) atoms. The second kappa shape index (κ2) is 3.57. The highest BCUT2D eigenvalue weighted by atomic mass is 16.5. The lowest BCUT2D eigenvalue weighted by atomic mass is 9.96. The van der Waals surface area contributed by atoms with E-state index in [9.17, 15) is 4.79 Å². The van der Waals surface area contributed by atoms with Gasteiger partial charge in [0, 0.05) is 19.2 Å². The fourth-order valence-electron chi connectivity index (χ4n) is 1.97. The lowest BCUT2D eigenvalue weighted by molar-refractivity contribution is 0.0780. The standard InChI is InChI=1S/C12H15NO2/c1-8-6-9-4-5-13(2)12(14)10(9)7-11(8)15-3/h6-7H,4-5H2,1-3H3. The Bertz CT molecular complexity index is 412. The fourth-order valence-corrected chi connectivity index (χ4v) is 1.97. The van der Waals surface area contributed by atoms with E-state index >= 15 is 0 Å². The molecule has 1 aliphatic rings. The summed E-state index contributed by atoms with van der Waals surface area (Å²) in [5.41, 5.74) is 3.01. The number of nitrogens with zero attached hydrogens (tertiary/aromatic N) is 1. The highest BCUT2D eigenvalue weighted by molar-refractivity contribution is 5.97. The second-order valence-corrected chi connectivity index (χ2v) is 3.96. The Hall–Kier alpha value is -1.51. The molecule has 0 spiro atoms. The van der Waals surface area contributed by atoms with Crippen LogP contribution in [0.2, 0.25) is 0 Å². The Morgan fingerprint density at radius 2 is 2.13 bits per heavy atom. The van der Waals surface area contributed by atoms with Gasteiger partial charge < -0.3 is 9.64 Å². The van der Waals surface area contributed by atoms with Gasteiger partial charge in [0.25, 0.3) is 5.91 Å². The van der Waals surface area contributed by atoms with Crippen LogP contribution in [0.1, 0.15) is 21.5 Å². The number of benzene rings is 1. The number of amides is 1. The molecule has 1 heterocycles. The van der Waals surface area contributed by atoms with Crippen molar-refractivity contribution in [1.29, 1.82) is 0 Å². The third-order valence-corrected chi connectivity index (χ3v) is 2.91. The summed E-state index contributed by atoms with van der Waals surface area (Å²) in [6, 6.07) is 3.90. The largest absolute Gasteiger partial charge is 0.496 e. The van der Waals surface area contributed by atoms with Crippen molar-refractivity contribution in [2.45, 2.75) is 13.3 Å². The molecule has 0 unspecified atom stereocenters. The smallest absolute Gasteiger partial charge is 0.254 e. The SMILES string of the molecule is COc1cc2c(cc1C)CCN(C)C2=O. The molecule has 0 radical (unpaired) electrons. The van der Waals surface area contributed by atoms with Gasteiger partial charge in [0.2, 0.25) is 0 Å². The first kappa shape index (κ1) is 10.0. The maximum absolute atomic E-state index is 11.9. The third kappa shape index (κ3) is 1.58. The van der Waals surface area contributed by atoms with Gasteiger partial charge in [0.1, 0.15) is 5.75 Å². The molecule has 0 aliphatic carbocycles. The van der Waals surface area contributed by atoms with Gasteiger partial charge in [-0.2, -0.15) is 0 Å². The summed E-state index contributed by atoms with van der Waals surface area (Å²) >= 11 is 0. The highest BCUT2D eigenvalue weighted by Crippen LogP contribution is 2.26. The van der Waals surface area contributed by atoms with E-state index in [4.69, 9.17) is 4.74 Å². The van der Waals surface area contributed by atoms with Crippen LogP contribution in [0.3, 0.4) is 0 Å². The van der Waals surface area contributed by atoms with Crippen LogP contribution in [-0.4, -0.2) is 31.5 Å². The molecule has 0 bridgehead atoms. The minimum absolute atomic E-state index is 0.0922. The van der Waals surface area contributed by atoms with E-state index in [0.717, 1.165) is 35.4 Å². The normalized spacial score (nSPS) is 15.1. The predicted molar refractivity (Wildman–Crippen MR) is 58.4 cm³/mol. The number of aryl methyl sites for hydroxylation is 1. The van der Waals surface area contributed by atoms with Crippen molar-refractivity contribution in [3.05, 3.63) is 28.8 Å². The molecule has 1 amide bonds. The summed E-state index contributed by atoms with van der Waals surface area (Å²) in [6.45, 7) is 2.81. The van der Waals surface area contributed by atoms with Crippen molar-refractivity contribution in [2.24, 2.45) is 0 Å². The molecular weight excluding hydrogens is 190 g/mol. The lowest BCUT2D eigenvalue weighted by Gasteiger charge is -2.25. The molecule has 80 valence electrons. The Morgan fingerprint density at radius 1 is 1.40 bits per heavy atom. The van der Waals surface area contributed by atoms with Gasteiger partial charge in [-0.15, -0.1) is 0 Å². The molecule has 0 fully saturated rings. The van der Waals surface area contributed by atoms with E-state index in [0.29, 0.717) is 0 Å². The average molecular weight is 205 g/mol. The zero-order valence-electron chi connectivity index (χ0n) is 9.33. The van der Waals surface area contributed by atoms with E-state index in [2.05, 4.69) is 6.07 Å². The van der Waals surface area contributed by atoms with Crippen LogP contribution in [0.15, 0.2) is 12.1 Å². The molecule has 3 nitrogen and oxygen atoms in total. The number of fused-ring (bicyclic) bond motifs is 1. The van der Waals surface area contributed by atoms with Crippen molar-refractivity contribution in [1.82, 2.24) is 4.90 Å². The zero-order chi connectivity index (χ0) is 11.0. The fraction of sp³-hybridized carbons (Fsp3) is 0.417. The van der Waals surface area contributed by atoms with Crippen LogP contribution in [0.5, 0.6) is 5.75 Å². The van der Waals surface area contributed by atoms with Gasteiger partial charge in [-0.1, -0.05) is 6.07 Å². The summed E-state index contributed by atoms with van der Waals surface area (Å²) in [4.78, 5) is 13.6. The third-order valence-electron chi connectivity index (χ3n) is 2.91. The van der Waals surface area contributed by atoms with Crippen molar-refractivity contribution < 1.29 is 9.53 Å². The van der Waals surface area contributed by atoms with Gasteiger partial charge in [-0.05, 0) is 30.5 Å². The molecule has 1 aliphatic heterocycles. The Labute approximate surface area is 89.7 Å². The number of hydrogen-bond acceptors (Lipinski definition) is 2. The number of methoxy groups -OCH3 is 1. The number of rotatable bonds is 1. The number of ether oxygens (including phenoxy) is 1. The molecule has 3 heteroatoms. The summed E-state index contributed by atoms with van der Waals surface area (Å²) in [7, 11) is 3.46. The number of carbonyl (C=O) groups excluding carboxylic acids is 1. The maximum atomic E-state index is 11.9. The zero-order valence-corrected chi connectivity index (χ0v) is 9.33. The summed E-state index contributed by atoms with van der Waals surface area (Å²) < 4.78 is 5.22. The Balaban J connectivity index is 2.53. The number of carbonyl (C=O) groups is 1. The minimum Gasteiger partial charge on any atom is -0.496 e. The molecule has 2 rings (SSSR count). The maximum Gasteiger partial charge on any atom is 0.254 e. The minimum atomic E-state index is 0.0922. The first-order valence-electron chi connectivity index (χ1n) is 5.06. The van der Waals surface area contributed by atoms with E-state index < -0.39 is 0 Å². The monoisotopic (exact) mass is 205 g/mol. The van der Waals surface area contributed by atoms with Crippen LogP contribution in [0, 0.1) is 6.92 Å². The topological polar surface area (TPSA) is 29.5 Å². The highest BCUT2D eigenvalue weighted by Gasteiger charge is 2.22. The molecule has 1 aromatic rings. The first-order chi connectivity index (χ1) is 7.13. The van der Waals surface area contributed by atoms with Gasteiger partial charge in [-0.3, -0.25) is 4.79 Å². The first-order valence-corrected chi connectivity index (χ1v) is 5.06. The molecule has 0 N–H and O–H groups in total. The molecule has 0 saturated carbocycles. The van der Waals surface area contributed by atoms with Gasteiger partial charge >= 0.3 is 0 Å². The average Bonchev–Trinajstić information content (AvgIpc) is 2.23. The van der Waals surface area contributed by atoms with Crippen molar-refractivity contribution in [3.8, 4) is 5.75 Å². The van der Waals surface area contributed by atoms with Crippen molar-refractivity contribution >= 4 is 5.91 Å². The van der Waals surface area contributed by atoms with E-state index in [1.807, 2.05) is 20.0 Å².